The van der Waals surface area contributed by atoms with Crippen molar-refractivity contribution >= 4 is 11.8 Å². The molecule has 11 heteroatoms. The lowest BCUT2D eigenvalue weighted by Crippen LogP contribution is -2.16. The number of benzene rings is 1. The zero-order chi connectivity index (χ0) is 17.7. The van der Waals surface area contributed by atoms with Gasteiger partial charge in [-0.15, -0.1) is 13.2 Å². The smallest absolute Gasteiger partial charge is 0.406 e. The summed E-state index contributed by atoms with van der Waals surface area (Å²) >= 11 is 0.871. The van der Waals surface area contributed by atoms with Gasteiger partial charge in [0.15, 0.2) is 5.83 Å². The zero-order valence-electron chi connectivity index (χ0n) is 11.6. The molecular weight excluding hydrogens is 362 g/mol. The summed E-state index contributed by atoms with van der Waals surface area (Å²) in [7, 11) is 0. The Bertz CT molecular complexity index is 710. The molecule has 0 atom stereocenters. The number of alkyl halides is 3. The van der Waals surface area contributed by atoms with Gasteiger partial charge in [-0.05, 0) is 24.3 Å². The standard InChI is InChI=1S/C13H8F6N2O2S/c14-9(10(15)16)5-6-24-12-20-11(21-23-12)7-1-3-8(4-2-7)22-13(17,18)19/h1-4H,5-6H2. The first kappa shape index (κ1) is 18.2. The van der Waals surface area contributed by atoms with E-state index in [4.69, 9.17) is 4.52 Å². The summed E-state index contributed by atoms with van der Waals surface area (Å²) < 4.78 is 81.1. The summed E-state index contributed by atoms with van der Waals surface area (Å²) in [6.07, 6.45) is -7.66. The fraction of sp³-hybridized carbons (Fsp3) is 0.231. The number of hydrogen-bond donors (Lipinski definition) is 0. The van der Waals surface area contributed by atoms with E-state index in [9.17, 15) is 26.3 Å². The van der Waals surface area contributed by atoms with Crippen molar-refractivity contribution in [2.45, 2.75) is 18.0 Å². The third kappa shape index (κ3) is 5.48. The Morgan fingerprint density at radius 3 is 2.38 bits per heavy atom. The summed E-state index contributed by atoms with van der Waals surface area (Å²) in [6, 6.07) is 4.74. The highest BCUT2D eigenvalue weighted by Crippen LogP contribution is 2.27. The topological polar surface area (TPSA) is 48.2 Å². The number of rotatable bonds is 6. The second-order valence-corrected chi connectivity index (χ2v) is 5.27. The molecule has 0 saturated carbocycles. The minimum atomic E-state index is -4.79. The molecule has 0 aliphatic carbocycles. The van der Waals surface area contributed by atoms with Gasteiger partial charge >= 0.3 is 12.4 Å². The number of halogens is 6. The van der Waals surface area contributed by atoms with Crippen LogP contribution in [0.25, 0.3) is 11.4 Å². The van der Waals surface area contributed by atoms with Crippen LogP contribution in [0.3, 0.4) is 0 Å². The maximum atomic E-state index is 12.6. The highest BCUT2D eigenvalue weighted by molar-refractivity contribution is 7.99. The SMILES string of the molecule is FC(F)=C(F)CCSc1nc(-c2ccc(OC(F)(F)F)cc2)no1. The molecule has 1 heterocycles. The van der Waals surface area contributed by atoms with Gasteiger partial charge in [-0.3, -0.25) is 0 Å². The Morgan fingerprint density at radius 2 is 1.79 bits per heavy atom. The molecule has 0 aliphatic heterocycles. The maximum Gasteiger partial charge on any atom is 0.573 e. The third-order valence-electron chi connectivity index (χ3n) is 2.51. The molecule has 0 unspecified atom stereocenters. The lowest BCUT2D eigenvalue weighted by Gasteiger charge is -2.08. The van der Waals surface area contributed by atoms with Crippen LogP contribution < -0.4 is 4.74 Å². The fourth-order valence-corrected chi connectivity index (χ4v) is 2.21. The molecule has 130 valence electrons. The Labute approximate surface area is 135 Å². The highest BCUT2D eigenvalue weighted by atomic mass is 32.2. The van der Waals surface area contributed by atoms with E-state index < -0.39 is 30.4 Å². The second-order valence-electron chi connectivity index (χ2n) is 4.22. The Morgan fingerprint density at radius 1 is 1.12 bits per heavy atom. The average molecular weight is 370 g/mol. The third-order valence-corrected chi connectivity index (χ3v) is 3.33. The largest absolute Gasteiger partial charge is 0.573 e. The van der Waals surface area contributed by atoms with Crippen molar-refractivity contribution in [3.63, 3.8) is 0 Å². The minimum Gasteiger partial charge on any atom is -0.406 e. The van der Waals surface area contributed by atoms with E-state index in [1.807, 2.05) is 0 Å². The molecule has 1 aromatic carbocycles. The Kier molecular flexibility index (Phi) is 5.75. The van der Waals surface area contributed by atoms with Gasteiger partial charge in [0.1, 0.15) is 5.75 Å². The van der Waals surface area contributed by atoms with Crippen molar-refractivity contribution in [2.75, 3.05) is 5.75 Å². The van der Waals surface area contributed by atoms with Crippen LogP contribution in [0.1, 0.15) is 6.42 Å². The van der Waals surface area contributed by atoms with Crippen molar-refractivity contribution in [3.8, 4) is 17.1 Å². The predicted octanol–water partition coefficient (Wildman–Crippen LogP) is 5.20. The normalized spacial score (nSPS) is 11.4. The molecule has 2 rings (SSSR count). The van der Waals surface area contributed by atoms with Gasteiger partial charge in [0, 0.05) is 17.7 Å². The molecule has 2 aromatic rings. The van der Waals surface area contributed by atoms with E-state index in [1.54, 1.807) is 0 Å². The van der Waals surface area contributed by atoms with Gasteiger partial charge in [0.25, 0.3) is 5.22 Å². The van der Waals surface area contributed by atoms with Crippen LogP contribution in [0.2, 0.25) is 0 Å². The number of nitrogens with zero attached hydrogens (tertiary/aromatic N) is 2. The minimum absolute atomic E-state index is 0.0210. The molecule has 0 fully saturated rings. The van der Waals surface area contributed by atoms with Crippen LogP contribution in [-0.4, -0.2) is 22.3 Å². The lowest BCUT2D eigenvalue weighted by atomic mass is 10.2. The van der Waals surface area contributed by atoms with Crippen molar-refractivity contribution in [1.29, 1.82) is 0 Å². The Hall–Kier alpha value is -2.17. The van der Waals surface area contributed by atoms with Gasteiger partial charge < -0.3 is 9.26 Å². The number of allylic oxidation sites excluding steroid dienone is 1. The first-order valence-electron chi connectivity index (χ1n) is 6.27. The zero-order valence-corrected chi connectivity index (χ0v) is 12.4. The van der Waals surface area contributed by atoms with Crippen LogP contribution in [0.5, 0.6) is 5.75 Å². The second kappa shape index (κ2) is 7.60. The molecule has 0 spiro atoms. The number of aromatic nitrogens is 2. The predicted molar refractivity (Wildman–Crippen MR) is 72.1 cm³/mol. The molecule has 4 nitrogen and oxygen atoms in total. The molecular formula is C13H8F6N2O2S. The molecule has 0 aliphatic rings. The van der Waals surface area contributed by atoms with Crippen molar-refractivity contribution < 1.29 is 35.6 Å². The van der Waals surface area contributed by atoms with Crippen LogP contribution in [0.15, 0.2) is 45.9 Å². The van der Waals surface area contributed by atoms with Gasteiger partial charge in [0.05, 0.1) is 0 Å². The summed E-state index contributed by atoms with van der Waals surface area (Å²) in [5, 5.41) is 3.62. The maximum absolute atomic E-state index is 12.6. The average Bonchev–Trinajstić information content (AvgIpc) is 2.95. The van der Waals surface area contributed by atoms with Gasteiger partial charge in [0.2, 0.25) is 5.82 Å². The van der Waals surface area contributed by atoms with Gasteiger partial charge in [-0.2, -0.15) is 13.8 Å². The summed E-state index contributed by atoms with van der Waals surface area (Å²) in [6.45, 7) is 0. The lowest BCUT2D eigenvalue weighted by molar-refractivity contribution is -0.274. The van der Waals surface area contributed by atoms with Crippen LogP contribution in [0.4, 0.5) is 26.3 Å². The van der Waals surface area contributed by atoms with Crippen molar-refractivity contribution in [1.82, 2.24) is 10.1 Å². The van der Waals surface area contributed by atoms with Crippen LogP contribution in [-0.2, 0) is 0 Å². The van der Waals surface area contributed by atoms with E-state index >= 15 is 0 Å². The van der Waals surface area contributed by atoms with E-state index in [0.717, 1.165) is 23.9 Å². The van der Waals surface area contributed by atoms with Gasteiger partial charge in [-0.1, -0.05) is 16.9 Å². The summed E-state index contributed by atoms with van der Waals surface area (Å²) in [5.41, 5.74) is 0.362. The summed E-state index contributed by atoms with van der Waals surface area (Å²) in [5.74, 6) is -1.87. The quantitative estimate of drug-likeness (QED) is 0.517. The first-order valence-corrected chi connectivity index (χ1v) is 7.25. The molecule has 0 radical (unpaired) electrons. The highest BCUT2D eigenvalue weighted by Gasteiger charge is 2.31. The van der Waals surface area contributed by atoms with E-state index in [1.165, 1.54) is 12.1 Å². The van der Waals surface area contributed by atoms with Crippen LogP contribution in [0, 0.1) is 0 Å². The molecule has 1 aromatic heterocycles. The Balaban J connectivity index is 1.96. The number of thioether (sulfide) groups is 1. The number of hydrogen-bond acceptors (Lipinski definition) is 5. The molecule has 0 saturated heterocycles. The monoisotopic (exact) mass is 370 g/mol. The van der Waals surface area contributed by atoms with E-state index in [0.29, 0.717) is 5.56 Å². The molecule has 0 bridgehead atoms. The first-order chi connectivity index (χ1) is 11.2. The van der Waals surface area contributed by atoms with E-state index in [-0.39, 0.29) is 16.8 Å². The van der Waals surface area contributed by atoms with Crippen molar-refractivity contribution in [3.05, 3.63) is 36.2 Å². The van der Waals surface area contributed by atoms with Crippen LogP contribution >= 0.6 is 11.8 Å². The molecule has 24 heavy (non-hydrogen) atoms. The molecule has 0 amide bonds. The number of ether oxygens (including phenoxy) is 1. The van der Waals surface area contributed by atoms with Gasteiger partial charge in [-0.25, -0.2) is 4.39 Å². The fourth-order valence-electron chi connectivity index (χ4n) is 1.51. The van der Waals surface area contributed by atoms with E-state index in [2.05, 4.69) is 14.9 Å². The molecule has 0 N–H and O–H groups in total. The van der Waals surface area contributed by atoms with Crippen molar-refractivity contribution in [2.24, 2.45) is 0 Å². The summed E-state index contributed by atoms with van der Waals surface area (Å²) in [4.78, 5) is 3.92.